The summed E-state index contributed by atoms with van der Waals surface area (Å²) in [6.07, 6.45) is 2.16. The second kappa shape index (κ2) is 8.92. The quantitative estimate of drug-likeness (QED) is 0.414. The molecule has 6 rings (SSSR count). The number of benzodiazepines with no additional fused rings is 1. The standard InChI is InChI=1S/C28H20N6O2/c35-27(22-24(19-12-5-2-6-13-19)33-34-17-9-16-29-26(22)34)32-25-28(36)30-21-15-8-7-14-20(21)23(31-25)18-10-3-1-4-11-18/h1-17,25H,(H,30,36)(H,32,35)/t25-/m1/s1. The Bertz CT molecular complexity index is 1630. The molecular weight excluding hydrogens is 452 g/mol. The first-order valence-electron chi connectivity index (χ1n) is 11.4. The van der Waals surface area contributed by atoms with Gasteiger partial charge in [0, 0.05) is 29.1 Å². The molecule has 1 atom stereocenters. The number of hydrogen-bond acceptors (Lipinski definition) is 5. The SMILES string of the molecule is O=C(N[C@H]1N=C(c2ccccc2)c2ccccc2NC1=O)c1c(-c2ccccc2)nn2cccnc12. The van der Waals surface area contributed by atoms with Gasteiger partial charge in [0.15, 0.2) is 5.65 Å². The molecule has 0 bridgehead atoms. The lowest BCUT2D eigenvalue weighted by Crippen LogP contribution is -2.42. The fourth-order valence-corrected chi connectivity index (χ4v) is 4.27. The van der Waals surface area contributed by atoms with Crippen molar-refractivity contribution in [3.05, 3.63) is 120 Å². The highest BCUT2D eigenvalue weighted by molar-refractivity contribution is 6.20. The Morgan fingerprint density at radius 2 is 1.56 bits per heavy atom. The highest BCUT2D eigenvalue weighted by Crippen LogP contribution is 2.27. The first-order valence-corrected chi connectivity index (χ1v) is 11.4. The molecule has 36 heavy (non-hydrogen) atoms. The first kappa shape index (κ1) is 21.4. The molecule has 5 aromatic rings. The fraction of sp³-hybridized carbons (Fsp3) is 0.0357. The largest absolute Gasteiger partial charge is 0.322 e. The van der Waals surface area contributed by atoms with Crippen molar-refractivity contribution in [1.82, 2.24) is 19.9 Å². The predicted molar refractivity (Wildman–Crippen MR) is 137 cm³/mol. The molecule has 3 heterocycles. The molecule has 2 amide bonds. The lowest BCUT2D eigenvalue weighted by molar-refractivity contribution is -0.117. The zero-order valence-electron chi connectivity index (χ0n) is 19.0. The van der Waals surface area contributed by atoms with E-state index in [1.165, 1.54) is 0 Å². The van der Waals surface area contributed by atoms with E-state index >= 15 is 0 Å². The average molecular weight is 473 g/mol. The van der Waals surface area contributed by atoms with Gasteiger partial charge in [0.2, 0.25) is 6.17 Å². The van der Waals surface area contributed by atoms with Crippen molar-refractivity contribution >= 4 is 28.9 Å². The van der Waals surface area contributed by atoms with E-state index in [4.69, 9.17) is 4.99 Å². The zero-order chi connectivity index (χ0) is 24.5. The fourth-order valence-electron chi connectivity index (χ4n) is 4.27. The molecule has 0 saturated carbocycles. The number of nitrogens with zero attached hydrogens (tertiary/aromatic N) is 4. The summed E-state index contributed by atoms with van der Waals surface area (Å²) in [6.45, 7) is 0. The van der Waals surface area contributed by atoms with Gasteiger partial charge in [-0.3, -0.25) is 9.59 Å². The van der Waals surface area contributed by atoms with Crippen molar-refractivity contribution < 1.29 is 9.59 Å². The van der Waals surface area contributed by atoms with E-state index in [0.717, 1.165) is 16.7 Å². The second-order valence-corrected chi connectivity index (χ2v) is 8.23. The molecule has 3 aromatic carbocycles. The van der Waals surface area contributed by atoms with Crippen molar-refractivity contribution in [2.24, 2.45) is 4.99 Å². The number of anilines is 1. The highest BCUT2D eigenvalue weighted by atomic mass is 16.2. The predicted octanol–water partition coefficient (Wildman–Crippen LogP) is 3.94. The summed E-state index contributed by atoms with van der Waals surface area (Å²) in [5.74, 6) is -0.933. The van der Waals surface area contributed by atoms with Gasteiger partial charge >= 0.3 is 0 Å². The maximum absolute atomic E-state index is 13.7. The summed E-state index contributed by atoms with van der Waals surface area (Å²) in [5.41, 5.74) is 4.74. The molecule has 2 N–H and O–H groups in total. The highest BCUT2D eigenvalue weighted by Gasteiger charge is 2.30. The normalized spacial score (nSPS) is 14.9. The van der Waals surface area contributed by atoms with Crippen LogP contribution in [-0.4, -0.2) is 38.3 Å². The van der Waals surface area contributed by atoms with Crippen LogP contribution < -0.4 is 10.6 Å². The van der Waals surface area contributed by atoms with Crippen LogP contribution in [0.5, 0.6) is 0 Å². The molecular formula is C28H20N6O2. The summed E-state index contributed by atoms with van der Waals surface area (Å²) in [4.78, 5) is 36.0. The lowest BCUT2D eigenvalue weighted by atomic mass is 10.0. The van der Waals surface area contributed by atoms with Crippen LogP contribution in [0.15, 0.2) is 108 Å². The minimum atomic E-state index is -1.16. The average Bonchev–Trinajstić information content (AvgIpc) is 3.26. The Hall–Kier alpha value is -5.11. The molecule has 0 aliphatic carbocycles. The molecule has 174 valence electrons. The van der Waals surface area contributed by atoms with E-state index < -0.39 is 18.0 Å². The molecule has 0 fully saturated rings. The monoisotopic (exact) mass is 472 g/mol. The van der Waals surface area contributed by atoms with Crippen LogP contribution in [-0.2, 0) is 4.79 Å². The number of para-hydroxylation sites is 1. The summed E-state index contributed by atoms with van der Waals surface area (Å²) in [6, 6.07) is 28.2. The van der Waals surface area contributed by atoms with E-state index in [1.54, 1.807) is 23.0 Å². The maximum Gasteiger partial charge on any atom is 0.269 e. The van der Waals surface area contributed by atoms with Crippen LogP contribution >= 0.6 is 0 Å². The van der Waals surface area contributed by atoms with Crippen LogP contribution in [0.4, 0.5) is 5.69 Å². The van der Waals surface area contributed by atoms with Crippen molar-refractivity contribution in [2.45, 2.75) is 6.17 Å². The van der Waals surface area contributed by atoms with E-state index in [-0.39, 0.29) is 5.56 Å². The molecule has 8 nitrogen and oxygen atoms in total. The molecule has 1 aliphatic heterocycles. The van der Waals surface area contributed by atoms with Gasteiger partial charge in [0.25, 0.3) is 11.8 Å². The van der Waals surface area contributed by atoms with Gasteiger partial charge in [-0.05, 0) is 12.1 Å². The number of benzene rings is 3. The van der Waals surface area contributed by atoms with Gasteiger partial charge in [0.05, 0.1) is 11.4 Å². The van der Waals surface area contributed by atoms with Crippen molar-refractivity contribution in [3.8, 4) is 11.3 Å². The molecule has 8 heteroatoms. The minimum Gasteiger partial charge on any atom is -0.322 e. The number of amides is 2. The number of rotatable bonds is 4. The molecule has 0 unspecified atom stereocenters. The second-order valence-electron chi connectivity index (χ2n) is 8.23. The number of aliphatic imine (C=N–C) groups is 1. The number of carbonyl (C=O) groups excluding carboxylic acids is 2. The third kappa shape index (κ3) is 3.80. The van der Waals surface area contributed by atoms with E-state index in [9.17, 15) is 9.59 Å². The van der Waals surface area contributed by atoms with Crippen LogP contribution in [0.2, 0.25) is 0 Å². The van der Waals surface area contributed by atoms with E-state index in [1.807, 2.05) is 84.9 Å². The summed E-state index contributed by atoms with van der Waals surface area (Å²) in [5, 5.41) is 10.3. The number of nitrogens with one attached hydrogen (secondary N) is 2. The van der Waals surface area contributed by atoms with Gasteiger partial charge in [-0.25, -0.2) is 14.5 Å². The molecule has 2 aromatic heterocycles. The number of hydrogen-bond donors (Lipinski definition) is 2. The van der Waals surface area contributed by atoms with Crippen LogP contribution in [0, 0.1) is 0 Å². The zero-order valence-corrected chi connectivity index (χ0v) is 19.0. The van der Waals surface area contributed by atoms with E-state index in [0.29, 0.717) is 22.7 Å². The van der Waals surface area contributed by atoms with Crippen molar-refractivity contribution in [3.63, 3.8) is 0 Å². The lowest BCUT2D eigenvalue weighted by Gasteiger charge is -2.13. The summed E-state index contributed by atoms with van der Waals surface area (Å²) < 4.78 is 1.55. The van der Waals surface area contributed by atoms with Gasteiger partial charge in [0.1, 0.15) is 11.3 Å². The first-order chi connectivity index (χ1) is 17.7. The minimum absolute atomic E-state index is 0.271. The van der Waals surface area contributed by atoms with Gasteiger partial charge in [-0.15, -0.1) is 0 Å². The van der Waals surface area contributed by atoms with Gasteiger partial charge < -0.3 is 10.6 Å². The summed E-state index contributed by atoms with van der Waals surface area (Å²) >= 11 is 0. The number of carbonyl (C=O) groups is 2. The van der Waals surface area contributed by atoms with Crippen molar-refractivity contribution in [2.75, 3.05) is 5.32 Å². The Labute approximate surface area is 206 Å². The Balaban J connectivity index is 1.44. The van der Waals surface area contributed by atoms with Crippen LogP contribution in [0.3, 0.4) is 0 Å². The molecule has 0 radical (unpaired) electrons. The Kier molecular flexibility index (Phi) is 5.31. The third-order valence-corrected chi connectivity index (χ3v) is 5.93. The van der Waals surface area contributed by atoms with E-state index in [2.05, 4.69) is 20.7 Å². The Morgan fingerprint density at radius 3 is 2.33 bits per heavy atom. The molecule has 0 spiro atoms. The molecule has 0 saturated heterocycles. The number of fused-ring (bicyclic) bond motifs is 2. The maximum atomic E-state index is 13.7. The summed E-state index contributed by atoms with van der Waals surface area (Å²) in [7, 11) is 0. The molecule has 1 aliphatic rings. The van der Waals surface area contributed by atoms with Gasteiger partial charge in [-0.1, -0.05) is 78.9 Å². The smallest absolute Gasteiger partial charge is 0.269 e. The van der Waals surface area contributed by atoms with Crippen LogP contribution in [0.25, 0.3) is 16.9 Å². The topological polar surface area (TPSA) is 101 Å². The third-order valence-electron chi connectivity index (χ3n) is 5.93. The number of aromatic nitrogens is 3. The van der Waals surface area contributed by atoms with Crippen LogP contribution in [0.1, 0.15) is 21.5 Å². The Morgan fingerprint density at radius 1 is 0.861 bits per heavy atom. The van der Waals surface area contributed by atoms with Crippen molar-refractivity contribution in [1.29, 1.82) is 0 Å². The van der Waals surface area contributed by atoms with Gasteiger partial charge in [-0.2, -0.15) is 5.10 Å².